The molecule has 1 aliphatic heterocycles. The SMILES string of the molecule is [2H]c1sc2c(c1[2H])C(=C1CCNCC1)c1c([2H])c([2H])c([2H])c([2H])c1C([2H])([2H])C2=O. The first-order chi connectivity index (χ1) is 13.6. The molecule has 2 aliphatic rings. The van der Waals surface area contributed by atoms with Gasteiger partial charge >= 0.3 is 0 Å². The summed E-state index contributed by atoms with van der Waals surface area (Å²) in [4.78, 5) is 13.1. The Morgan fingerprint density at radius 3 is 2.81 bits per heavy atom. The maximum atomic E-state index is 13.2. The van der Waals surface area contributed by atoms with Gasteiger partial charge in [0, 0.05) is 14.7 Å². The van der Waals surface area contributed by atoms with Crippen LogP contribution >= 0.6 is 11.3 Å². The third-order valence-corrected chi connectivity index (χ3v) is 4.55. The first-order valence-corrected chi connectivity index (χ1v) is 7.59. The molecule has 0 spiro atoms. The van der Waals surface area contributed by atoms with Crippen molar-refractivity contribution >= 4 is 22.7 Å². The van der Waals surface area contributed by atoms with Gasteiger partial charge in [-0.3, -0.25) is 4.79 Å². The van der Waals surface area contributed by atoms with Crippen LogP contribution in [-0.2, 0) is 6.37 Å². The van der Waals surface area contributed by atoms with Crippen LogP contribution in [0.3, 0.4) is 0 Å². The van der Waals surface area contributed by atoms with Crippen molar-refractivity contribution in [2.24, 2.45) is 0 Å². The predicted molar refractivity (Wildman–Crippen MR) is 86.9 cm³/mol. The van der Waals surface area contributed by atoms with E-state index in [4.69, 9.17) is 11.0 Å². The molecule has 2 aromatic rings. The highest BCUT2D eigenvalue weighted by Gasteiger charge is 2.26. The molecule has 1 aliphatic carbocycles. The summed E-state index contributed by atoms with van der Waals surface area (Å²) >= 11 is 0.723. The molecule has 21 heavy (non-hydrogen) atoms. The number of rotatable bonds is 0. The van der Waals surface area contributed by atoms with Gasteiger partial charge in [-0.05, 0) is 54.0 Å². The maximum Gasteiger partial charge on any atom is 0.177 e. The van der Waals surface area contributed by atoms with E-state index in [0.717, 1.165) is 16.9 Å². The molecule has 2 nitrogen and oxygen atoms in total. The Balaban J connectivity index is 2.26. The Labute approximate surface area is 139 Å². The zero-order chi connectivity index (χ0) is 21.2. The molecule has 0 atom stereocenters. The van der Waals surface area contributed by atoms with Crippen molar-refractivity contribution in [1.29, 1.82) is 0 Å². The van der Waals surface area contributed by atoms with E-state index in [9.17, 15) is 4.79 Å². The van der Waals surface area contributed by atoms with E-state index in [0.29, 0.717) is 31.5 Å². The summed E-state index contributed by atoms with van der Waals surface area (Å²) in [5.74, 6) is -0.972. The molecule has 106 valence electrons. The smallest absolute Gasteiger partial charge is 0.177 e. The van der Waals surface area contributed by atoms with Crippen LogP contribution in [0.2, 0.25) is 0 Å². The van der Waals surface area contributed by atoms with E-state index in [1.807, 2.05) is 0 Å². The third kappa shape index (κ3) is 2.17. The van der Waals surface area contributed by atoms with Gasteiger partial charge in [-0.1, -0.05) is 29.7 Å². The number of carbonyl (C=O) groups is 1. The topological polar surface area (TPSA) is 29.1 Å². The van der Waals surface area contributed by atoms with Gasteiger partial charge in [-0.25, -0.2) is 0 Å². The van der Waals surface area contributed by atoms with Gasteiger partial charge in [-0.15, -0.1) is 11.3 Å². The highest BCUT2D eigenvalue weighted by molar-refractivity contribution is 7.12. The standard InChI is InChI=1S/C18H17NOS/c20-16-11-13-3-1-2-4-14(13)17(12-5-8-19-9-6-12)15-7-10-21-18(15)16/h1-4,7,10,19H,5-6,8-9,11H2/i1D,2D,3D,4D,7D,10D,11D2. The van der Waals surface area contributed by atoms with Crippen LogP contribution < -0.4 is 5.32 Å². The molecule has 1 aromatic carbocycles. The minimum atomic E-state index is -2.71. The average Bonchev–Trinajstić information content (AvgIpc) is 2.95. The lowest BCUT2D eigenvalue weighted by Gasteiger charge is -2.21. The number of Topliss-reactive ketones (excluding diaryl/α,β-unsaturated/α-hetero) is 1. The predicted octanol–water partition coefficient (Wildman–Crippen LogP) is 3.67. The van der Waals surface area contributed by atoms with E-state index < -0.39 is 36.3 Å². The third-order valence-electron chi connectivity index (χ3n) is 3.75. The lowest BCUT2D eigenvalue weighted by molar-refractivity contribution is 0.0997. The average molecular weight is 303 g/mol. The molecule has 0 amide bonds. The van der Waals surface area contributed by atoms with Crippen molar-refractivity contribution in [1.82, 2.24) is 5.32 Å². The van der Waals surface area contributed by atoms with Crippen LogP contribution in [0, 0.1) is 0 Å². The van der Waals surface area contributed by atoms with Gasteiger partial charge in [0.2, 0.25) is 0 Å². The highest BCUT2D eigenvalue weighted by atomic mass is 32.1. The fourth-order valence-corrected chi connectivity index (χ4v) is 3.45. The molecule has 4 rings (SSSR count). The first-order valence-electron chi connectivity index (χ1n) is 10.8. The minimum absolute atomic E-state index is 0.0590. The van der Waals surface area contributed by atoms with Crippen molar-refractivity contribution in [2.45, 2.75) is 19.2 Å². The molecule has 1 aromatic heterocycles. The molecule has 0 radical (unpaired) electrons. The summed E-state index contributed by atoms with van der Waals surface area (Å²) in [5, 5.41) is 3.03. The van der Waals surface area contributed by atoms with Crippen LogP contribution in [0.15, 0.2) is 41.1 Å². The number of nitrogens with one attached hydrogen (secondary N) is 1. The second-order valence-corrected chi connectivity index (χ2v) is 5.78. The Morgan fingerprint density at radius 1 is 1.14 bits per heavy atom. The molecular formula is C18H17NOS. The van der Waals surface area contributed by atoms with E-state index in [-0.39, 0.29) is 33.0 Å². The number of benzene rings is 1. The van der Waals surface area contributed by atoms with Crippen molar-refractivity contribution in [2.75, 3.05) is 13.1 Å². The summed E-state index contributed by atoms with van der Waals surface area (Å²) in [7, 11) is 0. The second-order valence-electron chi connectivity index (χ2n) is 4.97. The lowest BCUT2D eigenvalue weighted by Crippen LogP contribution is -2.24. The van der Waals surface area contributed by atoms with Gasteiger partial charge in [0.1, 0.15) is 0 Å². The van der Waals surface area contributed by atoms with Crippen LogP contribution in [0.1, 0.15) is 50.2 Å². The van der Waals surface area contributed by atoms with Crippen LogP contribution in [-0.4, -0.2) is 18.9 Å². The van der Waals surface area contributed by atoms with Crippen LogP contribution in [0.5, 0.6) is 0 Å². The Hall–Kier alpha value is -1.71. The number of hydrogen-bond donors (Lipinski definition) is 1. The molecule has 2 heterocycles. The zero-order valence-electron chi connectivity index (χ0n) is 19.1. The normalized spacial score (nSPS) is 26.0. The van der Waals surface area contributed by atoms with Crippen molar-refractivity contribution < 1.29 is 15.8 Å². The second kappa shape index (κ2) is 5.24. The maximum absolute atomic E-state index is 13.2. The van der Waals surface area contributed by atoms with Crippen molar-refractivity contribution in [3.63, 3.8) is 0 Å². The molecule has 1 saturated heterocycles. The largest absolute Gasteiger partial charge is 0.316 e. The summed E-state index contributed by atoms with van der Waals surface area (Å²) in [5.41, 5.74) is 0.792. The lowest BCUT2D eigenvalue weighted by atomic mass is 9.88. The highest BCUT2D eigenvalue weighted by Crippen LogP contribution is 2.39. The summed E-state index contributed by atoms with van der Waals surface area (Å²) in [6.07, 6.45) is -1.63. The first kappa shape index (κ1) is 7.03. The molecule has 3 heteroatoms. The summed E-state index contributed by atoms with van der Waals surface area (Å²) in [6, 6.07) is -2.34. The van der Waals surface area contributed by atoms with Gasteiger partial charge in [0.15, 0.2) is 5.78 Å². The number of fused-ring (bicyclic) bond motifs is 2. The van der Waals surface area contributed by atoms with Gasteiger partial charge in [0.25, 0.3) is 0 Å². The van der Waals surface area contributed by atoms with Gasteiger partial charge in [-0.2, -0.15) is 0 Å². The number of thiophene rings is 1. The van der Waals surface area contributed by atoms with Gasteiger partial charge in [0.05, 0.1) is 13.1 Å². The fraction of sp³-hybridized carbons (Fsp3) is 0.278. The Bertz CT molecular complexity index is 1100. The molecule has 0 saturated carbocycles. The number of ketones is 1. The zero-order valence-corrected chi connectivity index (χ0v) is 12.0. The number of piperidine rings is 1. The summed E-state index contributed by atoms with van der Waals surface area (Å²) in [6.45, 7) is 1.25. The van der Waals surface area contributed by atoms with Crippen LogP contribution in [0.25, 0.3) is 5.57 Å². The van der Waals surface area contributed by atoms with E-state index in [1.165, 1.54) is 0 Å². The van der Waals surface area contributed by atoms with Crippen molar-refractivity contribution in [3.05, 3.63) is 62.7 Å². The summed E-state index contributed by atoms with van der Waals surface area (Å²) < 4.78 is 66.3. The van der Waals surface area contributed by atoms with Gasteiger partial charge < -0.3 is 5.32 Å². The molecular weight excluding hydrogens is 278 g/mol. The van der Waals surface area contributed by atoms with Crippen molar-refractivity contribution in [3.8, 4) is 0 Å². The molecule has 1 fully saturated rings. The fourth-order valence-electron chi connectivity index (χ4n) is 2.79. The van der Waals surface area contributed by atoms with E-state index >= 15 is 0 Å². The van der Waals surface area contributed by atoms with Crippen LogP contribution in [0.4, 0.5) is 0 Å². The Morgan fingerprint density at radius 2 is 1.95 bits per heavy atom. The molecule has 1 N–H and O–H groups in total. The molecule has 0 bridgehead atoms. The van der Waals surface area contributed by atoms with E-state index in [2.05, 4.69) is 5.32 Å². The van der Waals surface area contributed by atoms with E-state index in [1.54, 1.807) is 0 Å². The molecule has 0 unspecified atom stereocenters. The number of carbonyl (C=O) groups excluding carboxylic acids is 1. The monoisotopic (exact) mass is 303 g/mol. The minimum Gasteiger partial charge on any atom is -0.316 e. The number of hydrogen-bond acceptors (Lipinski definition) is 3. The Kier molecular flexibility index (Phi) is 1.76. The quantitative estimate of drug-likeness (QED) is 0.804.